The second-order valence-electron chi connectivity index (χ2n) is 25.8. The number of ether oxygens (including phenoxy) is 4. The first kappa shape index (κ1) is 78.2. The zero-order valence-corrected chi connectivity index (χ0v) is 63.8. The molecule has 0 radical (unpaired) electrons. The number of aryl methyl sites for hydroxylation is 4. The van der Waals surface area contributed by atoms with Crippen LogP contribution >= 0.6 is 11.8 Å². The van der Waals surface area contributed by atoms with Gasteiger partial charge in [-0.05, 0) is 152 Å². The van der Waals surface area contributed by atoms with Crippen molar-refractivity contribution in [3.05, 3.63) is 208 Å². The predicted octanol–water partition coefficient (Wildman–Crippen LogP) is 14.6. The topological polar surface area (TPSA) is 262 Å². The van der Waals surface area contributed by atoms with Gasteiger partial charge in [0.25, 0.3) is 0 Å². The molecule has 558 valence electrons. The number of amides is 3. The van der Waals surface area contributed by atoms with E-state index in [9.17, 15) is 14.4 Å². The number of aromatic nitrogens is 9. The molecule has 0 aliphatic rings. The lowest BCUT2D eigenvalue weighted by atomic mass is 10.0. The van der Waals surface area contributed by atoms with E-state index in [4.69, 9.17) is 33.9 Å². The van der Waals surface area contributed by atoms with Crippen LogP contribution in [0.25, 0.3) is 66.5 Å². The Morgan fingerprint density at radius 3 is 1.25 bits per heavy atom. The zero-order valence-electron chi connectivity index (χ0n) is 63.0. The molecule has 0 fully saturated rings. The van der Waals surface area contributed by atoms with Crippen LogP contribution in [-0.4, -0.2) is 172 Å². The van der Waals surface area contributed by atoms with Crippen LogP contribution in [0.1, 0.15) is 12.0 Å². The van der Waals surface area contributed by atoms with E-state index >= 15 is 0 Å². The van der Waals surface area contributed by atoms with Crippen LogP contribution in [0.15, 0.2) is 207 Å². The van der Waals surface area contributed by atoms with Crippen LogP contribution in [-0.2, 0) is 41.9 Å². The van der Waals surface area contributed by atoms with Crippen molar-refractivity contribution in [2.24, 2.45) is 21.1 Å². The molecule has 3 amide bonds. The van der Waals surface area contributed by atoms with Gasteiger partial charge in [0.2, 0.25) is 35.6 Å². The number of benzene rings is 6. The Morgan fingerprint density at radius 1 is 0.454 bits per heavy atom. The highest BCUT2D eigenvalue weighted by molar-refractivity contribution is 7.99. The number of thioether (sulfide) groups is 1. The summed E-state index contributed by atoms with van der Waals surface area (Å²) in [6.07, 6.45) is 16.8. The van der Waals surface area contributed by atoms with Crippen LogP contribution in [0.2, 0.25) is 0 Å². The number of methoxy groups -OCH3 is 3. The number of rotatable bonds is 30. The van der Waals surface area contributed by atoms with Crippen LogP contribution < -0.4 is 50.8 Å². The van der Waals surface area contributed by atoms with Crippen molar-refractivity contribution < 1.29 is 33.3 Å². The summed E-state index contributed by atoms with van der Waals surface area (Å²) in [6, 6.07) is 41.3. The van der Waals surface area contributed by atoms with E-state index in [0.717, 1.165) is 109 Å². The third kappa shape index (κ3) is 20.0. The number of para-hydroxylation sites is 3. The smallest absolute Gasteiger partial charge is 0.247 e. The monoisotopic (exact) mass is 1470 g/mol. The van der Waals surface area contributed by atoms with Crippen molar-refractivity contribution in [1.29, 1.82) is 0 Å². The van der Waals surface area contributed by atoms with Gasteiger partial charge in [0.1, 0.15) is 29.6 Å². The minimum absolute atomic E-state index is 0.269. The molecule has 6 N–H and O–H groups in total. The van der Waals surface area contributed by atoms with E-state index in [1.54, 1.807) is 63.8 Å². The fourth-order valence-electron chi connectivity index (χ4n) is 11.8. The van der Waals surface area contributed by atoms with E-state index in [1.165, 1.54) is 18.2 Å². The molecule has 6 heterocycles. The maximum absolute atomic E-state index is 12.1. The van der Waals surface area contributed by atoms with Gasteiger partial charge in [-0.1, -0.05) is 74.3 Å². The van der Waals surface area contributed by atoms with Gasteiger partial charge in [-0.2, -0.15) is 0 Å². The maximum Gasteiger partial charge on any atom is 0.247 e. The van der Waals surface area contributed by atoms with Gasteiger partial charge in [0.15, 0.2) is 0 Å². The highest BCUT2D eigenvalue weighted by Crippen LogP contribution is 2.42. The van der Waals surface area contributed by atoms with Gasteiger partial charge in [-0.15, -0.1) is 11.8 Å². The van der Waals surface area contributed by atoms with E-state index in [2.05, 4.69) is 145 Å². The number of anilines is 9. The molecule has 12 aromatic rings. The molecule has 0 saturated carbocycles. The Labute approximate surface area is 633 Å². The van der Waals surface area contributed by atoms with Gasteiger partial charge < -0.3 is 79.2 Å². The Bertz CT molecular complexity index is 4690. The lowest BCUT2D eigenvalue weighted by Gasteiger charge is -2.18. The number of hydrogen-bond acceptors (Lipinski definition) is 20. The first-order valence-corrected chi connectivity index (χ1v) is 35.7. The van der Waals surface area contributed by atoms with Gasteiger partial charge in [-0.3, -0.25) is 14.4 Å². The lowest BCUT2D eigenvalue weighted by Crippen LogP contribution is -2.20. The van der Waals surface area contributed by atoms with Crippen molar-refractivity contribution >= 4 is 114 Å². The highest BCUT2D eigenvalue weighted by atomic mass is 32.2. The Hall–Kier alpha value is -12.4. The third-order valence-corrected chi connectivity index (χ3v) is 18.3. The number of fused-ring (bicyclic) bond motifs is 3. The minimum Gasteiger partial charge on any atom is -0.495 e. The molecule has 26 heteroatoms. The Morgan fingerprint density at radius 2 is 0.833 bits per heavy atom. The molecule has 6 aromatic heterocycles. The molecule has 0 atom stereocenters. The third-order valence-electron chi connectivity index (χ3n) is 17.2. The molecule has 0 bridgehead atoms. The van der Waals surface area contributed by atoms with Gasteiger partial charge in [0.05, 0.1) is 66.8 Å². The van der Waals surface area contributed by atoms with Crippen molar-refractivity contribution in [3.8, 4) is 56.8 Å². The molecule has 0 aliphatic heterocycles. The average molecular weight is 1470 g/mol. The van der Waals surface area contributed by atoms with Crippen molar-refractivity contribution in [2.75, 3.05) is 128 Å². The quantitative estimate of drug-likeness (QED) is 0.0180. The Balaban J connectivity index is 0.000000173. The first-order chi connectivity index (χ1) is 52.2. The summed E-state index contributed by atoms with van der Waals surface area (Å²) in [5, 5.41) is 21.8. The molecule has 12 rings (SSSR count). The zero-order chi connectivity index (χ0) is 77.0. The summed E-state index contributed by atoms with van der Waals surface area (Å²) in [5.41, 5.74) is 13.6. The fourth-order valence-corrected chi connectivity index (χ4v) is 13.0. The molecule has 0 aliphatic carbocycles. The maximum atomic E-state index is 12.1. The average Bonchev–Trinajstić information content (AvgIpc) is 1.66. The summed E-state index contributed by atoms with van der Waals surface area (Å²) in [6.45, 7) is 13.7. The van der Waals surface area contributed by atoms with Crippen molar-refractivity contribution in [3.63, 3.8) is 0 Å². The number of likely N-dealkylation sites (N-methyl/N-ethyl adjacent to an activating group) is 1. The van der Waals surface area contributed by atoms with Gasteiger partial charge >= 0.3 is 0 Å². The summed E-state index contributed by atoms with van der Waals surface area (Å²) in [5.74, 6) is 3.47. The van der Waals surface area contributed by atoms with Crippen molar-refractivity contribution in [2.45, 2.75) is 17.7 Å². The highest BCUT2D eigenvalue weighted by Gasteiger charge is 2.21. The second kappa shape index (κ2) is 37.1. The molecule has 0 unspecified atom stereocenters. The number of carbonyl (C=O) groups excluding carboxylic acids is 3. The molecule has 0 saturated heterocycles. The summed E-state index contributed by atoms with van der Waals surface area (Å²) >= 11 is 1.64. The number of hydrogen-bond donors (Lipinski definition) is 6. The second-order valence-corrected chi connectivity index (χ2v) is 26.9. The number of nitrogens with one attached hydrogen (secondary N) is 6. The fraction of sp³-hybridized carbons (Fsp3) is 0.232. The molecule has 108 heavy (non-hydrogen) atoms. The summed E-state index contributed by atoms with van der Waals surface area (Å²) in [4.78, 5) is 71.0. The standard InChI is InChI=1S/C28H32N6O2.C27H30N6O3.C27H30N6O2S/c1-6-27(35)30-23-17-24(26(36-5)16-19(23)10-9-15-33(2)3)32-28-29-14-13-22(31-28)21-18-34(4)25-12-8-7-11-20(21)25;2*1-6-26(34)29-22-15-21(24(35-5)16-25(22)36-14-13-32(2)3)31-27-28-12-11-20(30-27)19-17-33(4)23-10-8-7-9-18(19)23/h6-8,11-14,16-18H,1,9-10,15H2,2-5H3,(H,30,35)(H,29,31,32);2*6-12,15-17H,1,13-14H2,2-5H3,(H,29,34)(H,28,30,31). The van der Waals surface area contributed by atoms with E-state index < -0.39 is 0 Å². The van der Waals surface area contributed by atoms with E-state index in [-0.39, 0.29) is 17.7 Å². The number of carbonyl (C=O) groups is 3. The summed E-state index contributed by atoms with van der Waals surface area (Å²) in [7, 11) is 22.9. The van der Waals surface area contributed by atoms with Gasteiger partial charge in [0, 0.05) is 143 Å². The molecule has 25 nitrogen and oxygen atoms in total. The molecule has 0 spiro atoms. The normalized spacial score (nSPS) is 11.0. The molecule has 6 aromatic carbocycles. The lowest BCUT2D eigenvalue weighted by molar-refractivity contribution is -0.112. The van der Waals surface area contributed by atoms with Gasteiger partial charge in [-0.25, -0.2) is 29.9 Å². The molecular formula is C82H92N18O7S. The van der Waals surface area contributed by atoms with Crippen LogP contribution in [0.5, 0.6) is 23.0 Å². The van der Waals surface area contributed by atoms with Crippen LogP contribution in [0.3, 0.4) is 0 Å². The van der Waals surface area contributed by atoms with Crippen LogP contribution in [0, 0.1) is 0 Å². The number of nitrogens with zero attached hydrogens (tertiary/aromatic N) is 12. The SMILES string of the molecule is C=CC(=O)Nc1cc(Nc2nccc(-c3cn(C)c4ccccc34)n2)c(OC)cc1CCCN(C)C.C=CC(=O)Nc1cc(Nc2nccc(-c3cn(C)c4ccccc34)n2)c(OC)cc1OCCN(C)C.C=CC(=O)Nc1cc(Nc2nccc(-c3cn(C)c4ccccc34)n2)c(OC)cc1SCCN(C)C. The van der Waals surface area contributed by atoms with Crippen molar-refractivity contribution in [1.82, 2.24) is 58.3 Å². The molecular weight excluding hydrogens is 1380 g/mol. The predicted molar refractivity (Wildman–Crippen MR) is 437 cm³/mol. The minimum atomic E-state index is -0.349. The summed E-state index contributed by atoms with van der Waals surface area (Å²) < 4.78 is 29.1. The first-order valence-electron chi connectivity index (χ1n) is 34.8. The van der Waals surface area contributed by atoms with E-state index in [1.807, 2.05) is 147 Å². The largest absolute Gasteiger partial charge is 0.495 e. The van der Waals surface area contributed by atoms with E-state index in [0.29, 0.717) is 88.1 Å². The van der Waals surface area contributed by atoms with Crippen LogP contribution in [0.4, 0.5) is 52.0 Å². The Kier molecular flexibility index (Phi) is 26.8.